The molecule has 23 heteroatoms. The Bertz CT molecular complexity index is 1640. The number of carboxylic acids is 3. The number of carbonyl (C=O) groups is 3. The number of aryl methyl sites for hydroxylation is 1. The lowest BCUT2D eigenvalue weighted by Crippen LogP contribution is -2.46. The van der Waals surface area contributed by atoms with Crippen molar-refractivity contribution in [3.05, 3.63) is 61.1 Å². The van der Waals surface area contributed by atoms with E-state index in [0.29, 0.717) is 0 Å². The van der Waals surface area contributed by atoms with Gasteiger partial charge in [-0.05, 0) is 19.1 Å². The van der Waals surface area contributed by atoms with Crippen molar-refractivity contribution in [3.63, 3.8) is 0 Å². The maximum Gasteiger partial charge on any atom is 0.490 e. The van der Waals surface area contributed by atoms with E-state index in [2.05, 4.69) is 53.4 Å². The minimum atomic E-state index is -5.08. The summed E-state index contributed by atoms with van der Waals surface area (Å²) >= 11 is 0. The van der Waals surface area contributed by atoms with E-state index in [-0.39, 0.29) is 0 Å². The number of carboxylic acid groups (broad SMARTS) is 3. The number of anilines is 1. The Morgan fingerprint density at radius 2 is 1.32 bits per heavy atom. The standard InChI is InChI=1S/C21H24N8.3C2HF3O2/c1-2-28-16-17(12-25-28)15-26-8-10-27(11-9-26)20-21-24-14-19(29(21)7-6-23-20)18-4-3-5-22-13-18;3*3-2(4,5)1(6)7/h3-7,12-14,16H,2,8-11,15H2,1H3;3*(H,6,7). The van der Waals surface area contributed by atoms with Crippen LogP contribution >= 0.6 is 0 Å². The van der Waals surface area contributed by atoms with Crippen LogP contribution in [-0.2, 0) is 27.5 Å². The van der Waals surface area contributed by atoms with Crippen LogP contribution in [0.3, 0.4) is 0 Å². The molecule has 274 valence electrons. The molecule has 14 nitrogen and oxygen atoms in total. The number of piperazine rings is 1. The molecule has 0 atom stereocenters. The van der Waals surface area contributed by atoms with Gasteiger partial charge in [0.2, 0.25) is 0 Å². The van der Waals surface area contributed by atoms with E-state index < -0.39 is 36.4 Å². The van der Waals surface area contributed by atoms with Crippen molar-refractivity contribution < 1.29 is 69.2 Å². The molecule has 0 spiro atoms. The van der Waals surface area contributed by atoms with Crippen LogP contribution in [0.5, 0.6) is 0 Å². The summed E-state index contributed by atoms with van der Waals surface area (Å²) in [6, 6.07) is 4.00. The van der Waals surface area contributed by atoms with Crippen LogP contribution in [0.2, 0.25) is 0 Å². The topological polar surface area (TPSA) is 179 Å². The van der Waals surface area contributed by atoms with Gasteiger partial charge in [-0.2, -0.15) is 44.6 Å². The highest BCUT2D eigenvalue weighted by molar-refractivity contribution is 5.74. The van der Waals surface area contributed by atoms with Crippen LogP contribution in [0.4, 0.5) is 45.3 Å². The first kappa shape index (κ1) is 40.7. The number of halogens is 9. The molecule has 1 fully saturated rings. The Morgan fingerprint density at radius 3 is 1.76 bits per heavy atom. The third kappa shape index (κ3) is 12.5. The van der Waals surface area contributed by atoms with Crippen LogP contribution in [-0.4, -0.2) is 112 Å². The number of fused-ring (bicyclic) bond motifs is 1. The van der Waals surface area contributed by atoms with Crippen molar-refractivity contribution in [1.29, 1.82) is 0 Å². The number of alkyl halides is 9. The van der Waals surface area contributed by atoms with Gasteiger partial charge in [-0.25, -0.2) is 24.4 Å². The van der Waals surface area contributed by atoms with E-state index in [1.807, 2.05) is 41.7 Å². The zero-order valence-corrected chi connectivity index (χ0v) is 25.5. The number of aromatic nitrogens is 6. The highest BCUT2D eigenvalue weighted by Crippen LogP contribution is 2.25. The van der Waals surface area contributed by atoms with Gasteiger partial charge in [0.05, 0.1) is 18.1 Å². The number of pyridine rings is 1. The van der Waals surface area contributed by atoms with E-state index in [0.717, 1.165) is 62.0 Å². The van der Waals surface area contributed by atoms with Gasteiger partial charge in [0.1, 0.15) is 0 Å². The molecule has 1 saturated heterocycles. The van der Waals surface area contributed by atoms with E-state index in [1.165, 1.54) is 5.56 Å². The van der Waals surface area contributed by atoms with Crippen molar-refractivity contribution in [2.24, 2.45) is 0 Å². The molecule has 0 amide bonds. The smallest absolute Gasteiger partial charge is 0.475 e. The zero-order valence-electron chi connectivity index (χ0n) is 25.5. The van der Waals surface area contributed by atoms with Crippen molar-refractivity contribution >= 4 is 29.4 Å². The molecule has 0 radical (unpaired) electrons. The van der Waals surface area contributed by atoms with Crippen molar-refractivity contribution in [2.45, 2.75) is 38.5 Å². The second-order valence-corrected chi connectivity index (χ2v) is 9.71. The van der Waals surface area contributed by atoms with E-state index in [1.54, 1.807) is 6.20 Å². The third-order valence-electron chi connectivity index (χ3n) is 6.18. The molecule has 4 aromatic heterocycles. The Labute approximate surface area is 275 Å². The van der Waals surface area contributed by atoms with Crippen LogP contribution < -0.4 is 4.90 Å². The second-order valence-electron chi connectivity index (χ2n) is 9.71. The van der Waals surface area contributed by atoms with Gasteiger partial charge in [0, 0.05) is 81.4 Å². The molecular weight excluding hydrogens is 703 g/mol. The number of imidazole rings is 1. The molecule has 5 heterocycles. The van der Waals surface area contributed by atoms with E-state index in [9.17, 15) is 39.5 Å². The number of aliphatic carboxylic acids is 3. The average Bonchev–Trinajstić information content (AvgIpc) is 3.68. The summed E-state index contributed by atoms with van der Waals surface area (Å²) < 4.78 is 99.3. The lowest BCUT2D eigenvalue weighted by molar-refractivity contribution is -0.193. The van der Waals surface area contributed by atoms with Gasteiger partial charge in [-0.15, -0.1) is 0 Å². The molecule has 50 heavy (non-hydrogen) atoms. The summed E-state index contributed by atoms with van der Waals surface area (Å²) in [5, 5.41) is 25.8. The molecule has 4 aromatic rings. The van der Waals surface area contributed by atoms with Crippen LogP contribution in [0, 0.1) is 0 Å². The van der Waals surface area contributed by atoms with E-state index in [4.69, 9.17) is 29.7 Å². The maximum absolute atomic E-state index is 10.6. The van der Waals surface area contributed by atoms with Crippen LogP contribution in [0.1, 0.15) is 12.5 Å². The van der Waals surface area contributed by atoms with Gasteiger partial charge in [-0.3, -0.25) is 19.0 Å². The Balaban J connectivity index is 0.000000338. The number of rotatable bonds is 5. The van der Waals surface area contributed by atoms with E-state index >= 15 is 0 Å². The van der Waals surface area contributed by atoms with Crippen LogP contribution in [0.15, 0.2) is 55.5 Å². The normalized spacial score (nSPS) is 13.6. The number of nitrogens with zero attached hydrogens (tertiary/aromatic N) is 8. The monoisotopic (exact) mass is 730 g/mol. The SMILES string of the molecule is CCn1cc(CN2CCN(c3nccn4c(-c5cccnc5)cnc34)CC2)cn1.O=C(O)C(F)(F)F.O=C(O)C(F)(F)F.O=C(O)C(F)(F)F. The maximum atomic E-state index is 10.6. The third-order valence-corrected chi connectivity index (χ3v) is 6.18. The molecule has 0 aromatic carbocycles. The predicted octanol–water partition coefficient (Wildman–Crippen LogP) is 4.23. The minimum absolute atomic E-state index is 0.893. The first-order valence-electron chi connectivity index (χ1n) is 13.8. The summed E-state index contributed by atoms with van der Waals surface area (Å²) in [6.07, 6.45) is -1.76. The largest absolute Gasteiger partial charge is 0.490 e. The lowest BCUT2D eigenvalue weighted by Gasteiger charge is -2.35. The number of hydrogen-bond donors (Lipinski definition) is 3. The molecule has 0 saturated carbocycles. The van der Waals surface area contributed by atoms with Crippen LogP contribution in [0.25, 0.3) is 16.9 Å². The fraction of sp³-hybridized carbons (Fsp3) is 0.370. The van der Waals surface area contributed by atoms with Gasteiger partial charge < -0.3 is 20.2 Å². The fourth-order valence-electron chi connectivity index (χ4n) is 3.89. The Hall–Kier alpha value is -5.48. The molecule has 3 N–H and O–H groups in total. The molecule has 1 aliphatic rings. The first-order valence-corrected chi connectivity index (χ1v) is 13.8. The zero-order chi connectivity index (χ0) is 37.9. The Morgan fingerprint density at radius 1 is 0.780 bits per heavy atom. The average molecular weight is 731 g/mol. The van der Waals surface area contributed by atoms with Gasteiger partial charge in [0.15, 0.2) is 11.5 Å². The second kappa shape index (κ2) is 17.3. The summed E-state index contributed by atoms with van der Waals surface area (Å²) in [4.78, 5) is 45.1. The van der Waals surface area contributed by atoms with Crippen molar-refractivity contribution in [3.8, 4) is 11.3 Å². The lowest BCUT2D eigenvalue weighted by atomic mass is 10.2. The fourth-order valence-corrected chi connectivity index (χ4v) is 3.89. The van der Waals surface area contributed by atoms with Gasteiger partial charge in [0.25, 0.3) is 0 Å². The molecule has 0 aliphatic carbocycles. The minimum Gasteiger partial charge on any atom is -0.475 e. The Kier molecular flexibility index (Phi) is 14.0. The van der Waals surface area contributed by atoms with Crippen molar-refractivity contribution in [2.75, 3.05) is 31.1 Å². The van der Waals surface area contributed by atoms with Gasteiger partial charge in [-0.1, -0.05) is 0 Å². The first-order chi connectivity index (χ1) is 23.1. The number of hydrogen-bond acceptors (Lipinski definition) is 9. The molecule has 1 aliphatic heterocycles. The molecule has 0 unspecified atom stereocenters. The summed E-state index contributed by atoms with van der Waals surface area (Å²) in [5.74, 6) is -7.33. The summed E-state index contributed by atoms with van der Waals surface area (Å²) in [5.41, 5.74) is 4.25. The highest BCUT2D eigenvalue weighted by atomic mass is 19.4. The molecular formula is C27H27F9N8O6. The summed E-state index contributed by atoms with van der Waals surface area (Å²) in [6.45, 7) is 7.83. The molecule has 5 rings (SSSR count). The molecule has 0 bridgehead atoms. The predicted molar refractivity (Wildman–Crippen MR) is 153 cm³/mol. The van der Waals surface area contributed by atoms with Crippen molar-refractivity contribution in [1.82, 2.24) is 34.0 Å². The highest BCUT2D eigenvalue weighted by Gasteiger charge is 2.39. The van der Waals surface area contributed by atoms with Gasteiger partial charge >= 0.3 is 36.4 Å². The summed E-state index contributed by atoms with van der Waals surface area (Å²) in [7, 11) is 0. The quantitative estimate of drug-likeness (QED) is 0.249.